The van der Waals surface area contributed by atoms with Crippen LogP contribution in [0.1, 0.15) is 213 Å². The van der Waals surface area contributed by atoms with Gasteiger partial charge in [0.05, 0.1) is 58.9 Å². The molecule has 0 unspecified atom stereocenters. The maximum atomic E-state index is 13.2. The third kappa shape index (κ3) is 40.6. The Morgan fingerprint density at radius 1 is 0.469 bits per heavy atom. The highest BCUT2D eigenvalue weighted by atomic mass is 28.4. The molecule has 5 N–H and O–H groups in total. The molecule has 4 aromatic carbocycles. The molecule has 0 saturated heterocycles. The van der Waals surface area contributed by atoms with Gasteiger partial charge in [0.2, 0.25) is 0 Å². The van der Waals surface area contributed by atoms with Gasteiger partial charge in [0.1, 0.15) is 79.9 Å². The molecule has 33 heteroatoms. The standard InChI is InChI=1S/C31H45F3O4Si.C30H43F3O4Si.C26H35F3O6.C23H27F3O5/c1-9-11-16-29(35)37-28-19-22(3)26(27(28)13-10-2)18-17-25(38-39(7,8)30(4,5)6)21-36-24-15-12-14-23(20-24)31(32,33)34;1-21-18-27-26(14-9-7-8-10-15-28(34)36-27)25(21)17-16-24(37-38(5,6)29(2,3)4)20-35-23-13-11-12-22(19-23)30(31,32)33;1-17(2)35-25(33)11-6-4-3-5-10-21-22(24(32)15-23(21)31)13-12-19(30)16-34-20-9-7-8-18(14-20)26(27,28)29;24-23(25,26)15-6-5-7-17(12-15)30-14-16(27)10-11-18-19-8-3-1-2-4-9-22(29)31-21(19)13-20(18)28/h9-10,12,14-15,17-18,20,22,25-28H,1-2,11,13,16,19,21H2,3-8H3;7,9,11-13,16-17,19,21,24-27H,8,10,14-15,18,20H2,1-6H3;3,5,7-9,12-14,17,19,21-24,30-32H,4,6,10-11,15-16H2,1-2H3;1,3,5-7,10-12,16,18-21,27-28H,2,4,8-9,13-14H2/b18-17+;9-7-,17-16+;5-3-,13-12+;3-1-,11-10+/t22-,25-,26+,27-,28+;21-,24-,25+,26-,27+;19-,21-,22-,23+,24-;16-,18-,19-,20-,21+/m1111/s1. The van der Waals surface area contributed by atoms with Gasteiger partial charge in [-0.1, -0.05) is 177 Å². The Morgan fingerprint density at radius 3 is 1.30 bits per heavy atom. The van der Waals surface area contributed by atoms with Crippen molar-refractivity contribution in [3.05, 3.63) is 230 Å². The van der Waals surface area contributed by atoms with Crippen molar-refractivity contribution in [3.8, 4) is 23.0 Å². The fourth-order valence-corrected chi connectivity index (χ4v) is 20.2. The van der Waals surface area contributed by atoms with Gasteiger partial charge in [-0.2, -0.15) is 52.7 Å². The highest BCUT2D eigenvalue weighted by Gasteiger charge is 2.48. The highest BCUT2D eigenvalue weighted by Crippen LogP contribution is 2.48. The van der Waals surface area contributed by atoms with Crippen LogP contribution in [0.5, 0.6) is 23.0 Å². The summed E-state index contributed by atoms with van der Waals surface area (Å²) in [4.78, 5) is 48.1. The van der Waals surface area contributed by atoms with E-state index < -0.39 is 112 Å². The molecule has 4 saturated carbocycles. The maximum Gasteiger partial charge on any atom is 0.416 e. The molecule has 2 heterocycles. The quantitative estimate of drug-likeness (QED) is 0.00702. The Labute approximate surface area is 838 Å². The number of aliphatic hydroxyl groups excluding tert-OH is 5. The summed E-state index contributed by atoms with van der Waals surface area (Å²) < 4.78 is 214. The lowest BCUT2D eigenvalue weighted by Gasteiger charge is -2.38. The second kappa shape index (κ2) is 56.2. The minimum Gasteiger partial charge on any atom is -0.491 e. The van der Waals surface area contributed by atoms with E-state index in [1.807, 2.05) is 42.5 Å². The molecule has 19 nitrogen and oxygen atoms in total. The normalized spacial score (nSPS) is 25.7. The second-order valence-electron chi connectivity index (χ2n) is 41.2. The van der Waals surface area contributed by atoms with Crippen LogP contribution in [0.4, 0.5) is 52.7 Å². The van der Waals surface area contributed by atoms with Gasteiger partial charge in [0, 0.05) is 68.1 Å². The van der Waals surface area contributed by atoms with Gasteiger partial charge in [0.15, 0.2) is 16.6 Å². The molecule has 4 aliphatic carbocycles. The summed E-state index contributed by atoms with van der Waals surface area (Å²) in [6.07, 6.45) is 17.7. The number of hydrogen-bond acceptors (Lipinski definition) is 19. The van der Waals surface area contributed by atoms with Crippen molar-refractivity contribution >= 4 is 40.5 Å². The molecule has 2 aliphatic heterocycles. The maximum absolute atomic E-state index is 13.2. The number of ether oxygens (including phenoxy) is 8. The lowest BCUT2D eigenvalue weighted by molar-refractivity contribution is -0.152. The largest absolute Gasteiger partial charge is 0.491 e. The molecular weight excluding hydrogens is 1910 g/mol. The van der Waals surface area contributed by atoms with Crippen molar-refractivity contribution in [2.24, 2.45) is 59.2 Å². The zero-order chi connectivity index (χ0) is 106. The number of carbonyl (C=O) groups is 4. The molecule has 10 rings (SSSR count). The van der Waals surface area contributed by atoms with Gasteiger partial charge in [-0.25, -0.2) is 0 Å². The monoisotopic (exact) mass is 2060 g/mol. The minimum absolute atomic E-state index is 0.00706. The number of fused-ring (bicyclic) bond motifs is 2. The summed E-state index contributed by atoms with van der Waals surface area (Å²) in [5.74, 6) is -0.445. The van der Waals surface area contributed by atoms with E-state index >= 15 is 0 Å². The third-order valence-corrected chi connectivity index (χ3v) is 36.5. The summed E-state index contributed by atoms with van der Waals surface area (Å²) in [5, 5.41) is 51.4. The zero-order valence-electron chi connectivity index (χ0n) is 84.8. The number of aliphatic hydroxyl groups is 5. The summed E-state index contributed by atoms with van der Waals surface area (Å²) in [5.41, 5.74) is -3.15. The van der Waals surface area contributed by atoms with Gasteiger partial charge in [0.25, 0.3) is 0 Å². The van der Waals surface area contributed by atoms with E-state index in [0.29, 0.717) is 76.5 Å². The lowest BCUT2D eigenvalue weighted by Crippen LogP contribution is -2.45. The number of allylic oxidation sites excluding steroid dienone is 10. The van der Waals surface area contributed by atoms with E-state index in [1.54, 1.807) is 32.1 Å². The number of carbonyl (C=O) groups excluding carboxylic acids is 4. The van der Waals surface area contributed by atoms with Crippen LogP contribution in [-0.4, -0.2) is 160 Å². The Bertz CT molecular complexity index is 4830. The molecule has 796 valence electrons. The molecule has 143 heavy (non-hydrogen) atoms. The number of esters is 4. The van der Waals surface area contributed by atoms with E-state index in [0.717, 1.165) is 93.5 Å². The third-order valence-electron chi connectivity index (χ3n) is 27.5. The van der Waals surface area contributed by atoms with Gasteiger partial charge >= 0.3 is 48.6 Å². The minimum atomic E-state index is -4.49. The second-order valence-corrected chi connectivity index (χ2v) is 50.7. The topological polar surface area (TPSA) is 262 Å². The number of hydrogen-bond donors (Lipinski definition) is 5. The Hall–Kier alpha value is -9.07. The lowest BCUT2D eigenvalue weighted by atomic mass is 9.86. The van der Waals surface area contributed by atoms with Crippen LogP contribution < -0.4 is 18.9 Å². The predicted molar refractivity (Wildman–Crippen MR) is 531 cm³/mol. The number of alkyl halides is 12. The fourth-order valence-electron chi connectivity index (χ4n) is 17.7. The molecule has 20 atom stereocenters. The first-order chi connectivity index (χ1) is 67.0. The molecule has 4 fully saturated rings. The first kappa shape index (κ1) is 121. The van der Waals surface area contributed by atoms with Crippen LogP contribution in [0, 0.1) is 59.2 Å². The first-order valence-corrected chi connectivity index (χ1v) is 55.4. The summed E-state index contributed by atoms with van der Waals surface area (Å²) in [7, 11) is -4.43. The van der Waals surface area contributed by atoms with Crippen molar-refractivity contribution < 1.29 is 144 Å². The van der Waals surface area contributed by atoms with E-state index in [2.05, 4.69) is 119 Å². The van der Waals surface area contributed by atoms with Gasteiger partial charge in [-0.15, -0.1) is 13.2 Å². The van der Waals surface area contributed by atoms with Crippen LogP contribution in [0.25, 0.3) is 0 Å². The smallest absolute Gasteiger partial charge is 0.416 e. The molecule has 0 spiro atoms. The van der Waals surface area contributed by atoms with E-state index in [4.69, 9.17) is 46.7 Å². The molecule has 0 bridgehead atoms. The van der Waals surface area contributed by atoms with Gasteiger partial charge in [-0.3, -0.25) is 19.2 Å². The SMILES string of the molecule is C=CCCC(=O)O[C@H]1C[C@@H](C)[C@H](/C=C/[C@H](COc2cccc(C(F)(F)F)c2)O[Si](C)(C)C(C)(C)C)[C@H]1CC=C.CC(C)OC(=O)CCC/C=C\C[C@@H]1[C@@H](/C=C/[C@@H](O)COc2cccc(C(F)(F)F)c2)[C@H](O)C[C@@H]1O.C[C@@H]1C[C@@H]2OC(=O)CCC/C=C\C[C@@H]2[C@H]1/C=C/[C@H](COc1cccc(C(F)(F)F)c1)O[Si](C)(C)C(C)(C)C.O=C1CCC/C=C\C[C@@H]2[C@@H](/C=C/[C@@H](O)COc3cccc(C(F)(F)F)c3)[C@H](O)C[C@@H]2O1. The molecule has 6 aliphatic rings. The molecule has 0 radical (unpaired) electrons. The molecular formula is C110H150F12O19Si2. The van der Waals surface area contributed by atoms with Crippen LogP contribution in [0.2, 0.25) is 36.3 Å². The zero-order valence-corrected chi connectivity index (χ0v) is 86.8. The number of halogens is 12. The molecule has 4 aromatic rings. The summed E-state index contributed by atoms with van der Waals surface area (Å²) >= 11 is 0. The van der Waals surface area contributed by atoms with Crippen LogP contribution in [-0.2, 0) is 71.7 Å². The van der Waals surface area contributed by atoms with Crippen molar-refractivity contribution in [1.29, 1.82) is 0 Å². The number of rotatable bonds is 37. The van der Waals surface area contributed by atoms with Crippen LogP contribution in [0.15, 0.2) is 207 Å². The van der Waals surface area contributed by atoms with Crippen molar-refractivity contribution in [2.45, 2.75) is 319 Å². The average molecular weight is 2060 g/mol. The molecule has 0 amide bonds. The van der Waals surface area contributed by atoms with Crippen molar-refractivity contribution in [3.63, 3.8) is 0 Å². The summed E-state index contributed by atoms with van der Waals surface area (Å²) in [6, 6.07) is 18.7. The van der Waals surface area contributed by atoms with Gasteiger partial charge < -0.3 is 72.3 Å². The fraction of sp³-hybridized carbons (Fsp3) is 0.582. The van der Waals surface area contributed by atoms with Crippen molar-refractivity contribution in [2.75, 3.05) is 26.4 Å². The number of benzene rings is 4. The average Bonchev–Trinajstić information content (AvgIpc) is 1.72. The van der Waals surface area contributed by atoms with E-state index in [9.17, 15) is 97.4 Å². The predicted octanol–water partition coefficient (Wildman–Crippen LogP) is 25.6. The number of unbranched alkanes of at least 4 members (excludes halogenated alkanes) is 1. The Morgan fingerprint density at radius 2 is 0.874 bits per heavy atom. The van der Waals surface area contributed by atoms with E-state index in [-0.39, 0.29) is 161 Å². The van der Waals surface area contributed by atoms with E-state index in [1.165, 1.54) is 60.7 Å². The first-order valence-electron chi connectivity index (χ1n) is 49.6. The van der Waals surface area contributed by atoms with Gasteiger partial charge in [-0.05, 0) is 236 Å². The van der Waals surface area contributed by atoms with Crippen LogP contribution >= 0.6 is 0 Å². The summed E-state index contributed by atoms with van der Waals surface area (Å²) in [6.45, 7) is 36.6. The highest BCUT2D eigenvalue weighted by molar-refractivity contribution is 6.74. The molecule has 0 aromatic heterocycles. The van der Waals surface area contributed by atoms with Crippen molar-refractivity contribution in [1.82, 2.24) is 0 Å². The Balaban J connectivity index is 0.000000260. The van der Waals surface area contributed by atoms with Crippen LogP contribution in [0.3, 0.4) is 0 Å². The Kier molecular flexibility index (Phi) is 47.5.